The van der Waals surface area contributed by atoms with Gasteiger partial charge in [-0.1, -0.05) is 140 Å². The first-order chi connectivity index (χ1) is 23.8. The first-order valence-electron chi connectivity index (χ1n) is 16.3. The van der Waals surface area contributed by atoms with Crippen molar-refractivity contribution in [3.8, 4) is 5.69 Å². The molecule has 48 heavy (non-hydrogen) atoms. The molecule has 228 valence electrons. The fraction of sp³-hybridized carbons (Fsp3) is 0.0227. The molecule has 4 nitrogen and oxygen atoms in total. The lowest BCUT2D eigenvalue weighted by Gasteiger charge is -2.12. The molecule has 0 fully saturated rings. The minimum atomic E-state index is 0.413. The van der Waals surface area contributed by atoms with Crippen molar-refractivity contribution in [2.45, 2.75) is 6.67 Å². The van der Waals surface area contributed by atoms with Crippen LogP contribution in [0.4, 0.5) is 0 Å². The second kappa shape index (κ2) is 11.4. The van der Waals surface area contributed by atoms with Crippen LogP contribution in [-0.2, 0) is 6.67 Å². The van der Waals surface area contributed by atoms with Gasteiger partial charge in [-0.3, -0.25) is 4.99 Å². The van der Waals surface area contributed by atoms with Crippen LogP contribution in [0, 0.1) is 0 Å². The van der Waals surface area contributed by atoms with Gasteiger partial charge >= 0.3 is 0 Å². The predicted octanol–water partition coefficient (Wildman–Crippen LogP) is 10.5. The highest BCUT2D eigenvalue weighted by molar-refractivity contribution is 6.28. The molecule has 0 unspecified atom stereocenters. The van der Waals surface area contributed by atoms with Crippen LogP contribution in [0.25, 0.3) is 65.8 Å². The molecule has 0 aliphatic rings. The molecule has 7 aromatic carbocycles. The van der Waals surface area contributed by atoms with E-state index >= 15 is 0 Å². The summed E-state index contributed by atoms with van der Waals surface area (Å²) in [5.41, 5.74) is 16.0. The molecule has 9 aromatic rings. The second-order valence-electron chi connectivity index (χ2n) is 12.2. The maximum Gasteiger partial charge on any atom is 0.115 e. The third-order valence-electron chi connectivity index (χ3n) is 9.41. The van der Waals surface area contributed by atoms with Gasteiger partial charge in [0.15, 0.2) is 0 Å². The van der Waals surface area contributed by atoms with E-state index in [0.29, 0.717) is 12.4 Å². The third kappa shape index (κ3) is 4.50. The Labute approximate surface area is 278 Å². The molecule has 2 N–H and O–H groups in total. The average Bonchev–Trinajstić information content (AvgIpc) is 3.67. The van der Waals surface area contributed by atoms with E-state index in [1.54, 1.807) is 0 Å². The highest BCUT2D eigenvalue weighted by Gasteiger charge is 2.21. The predicted molar refractivity (Wildman–Crippen MR) is 203 cm³/mol. The summed E-state index contributed by atoms with van der Waals surface area (Å²) in [5.74, 6) is 0. The number of nitrogens with two attached hydrogens (primary N) is 1. The Bertz CT molecular complexity index is 2680. The van der Waals surface area contributed by atoms with Crippen LogP contribution in [0.5, 0.6) is 0 Å². The van der Waals surface area contributed by atoms with Crippen molar-refractivity contribution in [3.63, 3.8) is 0 Å². The number of aromatic nitrogens is 2. The van der Waals surface area contributed by atoms with Crippen LogP contribution in [0.3, 0.4) is 0 Å². The molecule has 2 aromatic heterocycles. The summed E-state index contributed by atoms with van der Waals surface area (Å²) in [6.07, 6.45) is 2.00. The Morgan fingerprint density at radius 1 is 0.521 bits per heavy atom. The van der Waals surface area contributed by atoms with E-state index < -0.39 is 0 Å². The summed E-state index contributed by atoms with van der Waals surface area (Å²) in [5, 5.41) is 7.36. The highest BCUT2D eigenvalue weighted by atomic mass is 15.1. The lowest BCUT2D eigenvalue weighted by atomic mass is 10.0. The first-order valence-corrected chi connectivity index (χ1v) is 16.3. The number of para-hydroxylation sites is 2. The van der Waals surface area contributed by atoms with E-state index in [-0.39, 0.29) is 0 Å². The summed E-state index contributed by atoms with van der Waals surface area (Å²) in [7, 11) is 0. The molecule has 4 heteroatoms. The molecule has 2 heterocycles. The van der Waals surface area contributed by atoms with E-state index in [9.17, 15) is 0 Å². The molecule has 0 radical (unpaired) electrons. The normalized spacial score (nSPS) is 12.6. The number of hydrogen-bond acceptors (Lipinski definition) is 2. The van der Waals surface area contributed by atoms with Gasteiger partial charge in [-0.15, -0.1) is 0 Å². The molecule has 0 saturated carbocycles. The summed E-state index contributed by atoms with van der Waals surface area (Å²) < 4.78 is 4.81. The third-order valence-corrected chi connectivity index (χ3v) is 9.41. The molecule has 0 spiro atoms. The zero-order valence-corrected chi connectivity index (χ0v) is 26.3. The molecule has 0 aliphatic carbocycles. The van der Waals surface area contributed by atoms with E-state index in [2.05, 4.69) is 124 Å². The van der Waals surface area contributed by atoms with Gasteiger partial charge in [0.1, 0.15) is 6.67 Å². The van der Waals surface area contributed by atoms with Crippen LogP contribution in [0.2, 0.25) is 0 Å². The standard InChI is InChI=1S/C44H32N4/c45-38(31-15-4-1-5-16-31)28-39(32-17-6-2-7-18-32)46-29-47-41-27-24-30-14-10-11-21-34(30)42(41)37-26-25-36-35-22-12-13-23-40(35)48(44(36)43(37)47)33-19-8-3-9-20-33/h1-28H,29,45H2/b38-28-,46-39?. The monoisotopic (exact) mass is 616 g/mol. The van der Waals surface area contributed by atoms with Crippen LogP contribution in [0.15, 0.2) is 175 Å². The average molecular weight is 617 g/mol. The fourth-order valence-corrected chi connectivity index (χ4v) is 7.23. The van der Waals surface area contributed by atoms with Gasteiger partial charge in [-0.25, -0.2) is 0 Å². The Morgan fingerprint density at radius 2 is 1.15 bits per heavy atom. The van der Waals surface area contributed by atoms with E-state index in [1.165, 1.54) is 43.4 Å². The Morgan fingerprint density at radius 3 is 1.92 bits per heavy atom. The SMILES string of the molecule is N/C(=C\C(=NCn1c2ccc3ccccc3c2c2ccc3c4ccccc4n(-c4ccccc4)c3c21)c1ccccc1)c1ccccc1. The number of fused-ring (bicyclic) bond motifs is 9. The Balaban J connectivity index is 1.38. The zero-order valence-electron chi connectivity index (χ0n) is 26.3. The summed E-state index contributed by atoms with van der Waals surface area (Å²) in [6, 6.07) is 57.5. The lowest BCUT2D eigenvalue weighted by Crippen LogP contribution is -2.06. The van der Waals surface area contributed by atoms with Crippen molar-refractivity contribution in [1.29, 1.82) is 0 Å². The topological polar surface area (TPSA) is 48.2 Å². The maximum absolute atomic E-state index is 6.70. The molecular formula is C44H32N4. The molecular weight excluding hydrogens is 585 g/mol. The highest BCUT2D eigenvalue weighted by Crippen LogP contribution is 2.42. The van der Waals surface area contributed by atoms with E-state index in [4.69, 9.17) is 10.7 Å². The Kier molecular flexibility index (Phi) is 6.65. The molecule has 0 aliphatic heterocycles. The summed E-state index contributed by atoms with van der Waals surface area (Å²) in [4.78, 5) is 5.36. The van der Waals surface area contributed by atoms with Crippen LogP contribution in [-0.4, -0.2) is 14.8 Å². The minimum Gasteiger partial charge on any atom is -0.398 e. The van der Waals surface area contributed by atoms with Crippen LogP contribution in [0.1, 0.15) is 11.1 Å². The lowest BCUT2D eigenvalue weighted by molar-refractivity contribution is 0.794. The quantitative estimate of drug-likeness (QED) is 0.186. The van der Waals surface area contributed by atoms with Gasteiger partial charge in [0, 0.05) is 32.9 Å². The van der Waals surface area contributed by atoms with Crippen molar-refractivity contribution >= 4 is 65.8 Å². The van der Waals surface area contributed by atoms with E-state index in [0.717, 1.165) is 33.6 Å². The van der Waals surface area contributed by atoms with Gasteiger partial charge < -0.3 is 14.9 Å². The largest absolute Gasteiger partial charge is 0.398 e. The number of allylic oxidation sites excluding steroid dienone is 1. The van der Waals surface area contributed by atoms with Gasteiger partial charge in [0.05, 0.1) is 27.8 Å². The molecule has 9 rings (SSSR count). The van der Waals surface area contributed by atoms with Crippen molar-refractivity contribution in [1.82, 2.24) is 9.13 Å². The minimum absolute atomic E-state index is 0.413. The van der Waals surface area contributed by atoms with E-state index in [1.807, 2.05) is 54.6 Å². The fourth-order valence-electron chi connectivity index (χ4n) is 7.23. The number of rotatable bonds is 6. The summed E-state index contributed by atoms with van der Waals surface area (Å²) >= 11 is 0. The van der Waals surface area contributed by atoms with Gasteiger partial charge in [0.2, 0.25) is 0 Å². The Hall–Kier alpha value is -6.39. The molecule has 0 amide bonds. The van der Waals surface area contributed by atoms with Gasteiger partial charge in [-0.2, -0.15) is 0 Å². The van der Waals surface area contributed by atoms with Crippen molar-refractivity contribution in [3.05, 3.63) is 181 Å². The first kappa shape index (κ1) is 27.9. The van der Waals surface area contributed by atoms with Crippen molar-refractivity contribution < 1.29 is 0 Å². The van der Waals surface area contributed by atoms with Crippen molar-refractivity contribution in [2.24, 2.45) is 10.7 Å². The smallest absolute Gasteiger partial charge is 0.115 e. The number of aliphatic imine (C=N–C) groups is 1. The molecule has 0 bridgehead atoms. The van der Waals surface area contributed by atoms with Gasteiger partial charge in [0.25, 0.3) is 0 Å². The van der Waals surface area contributed by atoms with Crippen molar-refractivity contribution in [2.75, 3.05) is 0 Å². The molecule has 0 saturated heterocycles. The second-order valence-corrected chi connectivity index (χ2v) is 12.2. The molecule has 0 atom stereocenters. The van der Waals surface area contributed by atoms with Gasteiger partial charge in [-0.05, 0) is 52.2 Å². The number of hydrogen-bond donors (Lipinski definition) is 1. The maximum atomic E-state index is 6.70. The number of nitrogens with zero attached hydrogens (tertiary/aromatic N) is 3. The van der Waals surface area contributed by atoms with Crippen LogP contribution >= 0.6 is 0 Å². The summed E-state index contributed by atoms with van der Waals surface area (Å²) in [6.45, 7) is 0.413. The zero-order chi connectivity index (χ0) is 32.0. The number of benzene rings is 7. The van der Waals surface area contributed by atoms with Crippen LogP contribution < -0.4 is 5.73 Å².